The van der Waals surface area contributed by atoms with Gasteiger partial charge in [-0.15, -0.1) is 0 Å². The zero-order valence-corrected chi connectivity index (χ0v) is 9.89. The molecule has 0 saturated carbocycles. The van der Waals surface area contributed by atoms with Crippen molar-refractivity contribution in [3.05, 3.63) is 12.7 Å². The summed E-state index contributed by atoms with van der Waals surface area (Å²) < 4.78 is 4.74. The Labute approximate surface area is 99.5 Å². The monoisotopic (exact) mass is 245 g/mol. The molecule has 0 aromatic rings. The van der Waals surface area contributed by atoms with Gasteiger partial charge in [0.1, 0.15) is 13.2 Å². The average Bonchev–Trinajstić information content (AvgIpc) is 2.22. The zero-order valence-electron chi connectivity index (χ0n) is 9.00. The predicted octanol–water partition coefficient (Wildman–Crippen LogP) is -0.189. The Kier molecular flexibility index (Phi) is 4.37. The molecule has 5 nitrogen and oxygen atoms in total. The first-order valence-electron chi connectivity index (χ1n) is 4.92. The third-order valence-electron chi connectivity index (χ3n) is 2.39. The number of hydrogen-bond acceptors (Lipinski definition) is 5. The van der Waals surface area contributed by atoms with Crippen LogP contribution in [0.1, 0.15) is 6.92 Å². The zero-order chi connectivity index (χ0) is 12.3. The van der Waals surface area contributed by atoms with Crippen LogP contribution in [0.25, 0.3) is 0 Å². The second kappa shape index (κ2) is 5.36. The van der Waals surface area contributed by atoms with E-state index in [1.54, 1.807) is 0 Å². The molecule has 0 aromatic heterocycles. The molecular weight excluding hydrogens is 230 g/mol. The van der Waals surface area contributed by atoms with E-state index in [9.17, 15) is 14.7 Å². The van der Waals surface area contributed by atoms with Crippen LogP contribution in [0.5, 0.6) is 0 Å². The maximum atomic E-state index is 11.5. The van der Waals surface area contributed by atoms with Crippen molar-refractivity contribution in [2.24, 2.45) is 5.92 Å². The first-order chi connectivity index (χ1) is 7.49. The molecule has 16 heavy (non-hydrogen) atoms. The van der Waals surface area contributed by atoms with Gasteiger partial charge in [0.15, 0.2) is 0 Å². The lowest BCUT2D eigenvalue weighted by atomic mass is 9.93. The van der Waals surface area contributed by atoms with Crippen molar-refractivity contribution >= 4 is 24.5 Å². The van der Waals surface area contributed by atoms with E-state index in [-0.39, 0.29) is 19.1 Å². The number of amides is 1. The summed E-state index contributed by atoms with van der Waals surface area (Å²) in [6.45, 7) is 4.92. The van der Waals surface area contributed by atoms with Gasteiger partial charge in [0, 0.05) is 0 Å². The molecule has 1 unspecified atom stereocenters. The summed E-state index contributed by atoms with van der Waals surface area (Å²) in [6, 6.07) is 0. The van der Waals surface area contributed by atoms with Crippen LogP contribution >= 0.6 is 12.6 Å². The van der Waals surface area contributed by atoms with Gasteiger partial charge in [-0.2, -0.15) is 12.6 Å². The van der Waals surface area contributed by atoms with E-state index < -0.39 is 23.4 Å². The van der Waals surface area contributed by atoms with Gasteiger partial charge in [0.2, 0.25) is 5.91 Å². The van der Waals surface area contributed by atoms with E-state index in [1.807, 2.05) is 0 Å². The van der Waals surface area contributed by atoms with Crippen molar-refractivity contribution in [3.63, 3.8) is 0 Å². The van der Waals surface area contributed by atoms with E-state index >= 15 is 0 Å². The van der Waals surface area contributed by atoms with Crippen molar-refractivity contribution in [3.8, 4) is 0 Å². The summed E-state index contributed by atoms with van der Waals surface area (Å²) >= 11 is 4.16. The number of carbonyl (C=O) groups is 2. The van der Waals surface area contributed by atoms with Crippen molar-refractivity contribution in [1.82, 2.24) is 4.90 Å². The number of rotatable bonds is 5. The highest BCUT2D eigenvalue weighted by molar-refractivity contribution is 7.81. The maximum absolute atomic E-state index is 11.5. The molecule has 0 spiro atoms. The third kappa shape index (κ3) is 2.56. The SMILES string of the molecule is C=CCOC(=O)CN1C(=O)[C@@H](C(C)O)[C@H]1S. The van der Waals surface area contributed by atoms with E-state index in [4.69, 9.17) is 4.74 Å². The fourth-order valence-electron chi connectivity index (χ4n) is 1.52. The lowest BCUT2D eigenvalue weighted by Crippen LogP contribution is -2.62. The van der Waals surface area contributed by atoms with Crippen LogP contribution in [0.15, 0.2) is 12.7 Å². The quantitative estimate of drug-likeness (QED) is 0.305. The Balaban J connectivity index is 2.43. The summed E-state index contributed by atoms with van der Waals surface area (Å²) in [6.07, 6.45) is 0.697. The summed E-state index contributed by atoms with van der Waals surface area (Å²) in [7, 11) is 0. The van der Waals surface area contributed by atoms with Crippen LogP contribution in [0.4, 0.5) is 0 Å². The van der Waals surface area contributed by atoms with Gasteiger partial charge in [0.05, 0.1) is 17.4 Å². The first-order valence-corrected chi connectivity index (χ1v) is 5.43. The molecule has 1 rings (SSSR count). The Morgan fingerprint density at radius 2 is 2.44 bits per heavy atom. The fourth-order valence-corrected chi connectivity index (χ4v) is 2.10. The predicted molar refractivity (Wildman–Crippen MR) is 60.8 cm³/mol. The van der Waals surface area contributed by atoms with Gasteiger partial charge in [0.25, 0.3) is 0 Å². The van der Waals surface area contributed by atoms with Crippen LogP contribution in [0.3, 0.4) is 0 Å². The molecule has 1 N–H and O–H groups in total. The maximum Gasteiger partial charge on any atom is 0.325 e. The van der Waals surface area contributed by atoms with Gasteiger partial charge < -0.3 is 14.7 Å². The number of β-lactam (4-membered cyclic amide) rings is 1. The molecule has 3 atom stereocenters. The van der Waals surface area contributed by atoms with Crippen LogP contribution in [-0.2, 0) is 14.3 Å². The van der Waals surface area contributed by atoms with E-state index in [0.717, 1.165) is 0 Å². The molecule has 1 heterocycles. The van der Waals surface area contributed by atoms with Crippen LogP contribution < -0.4 is 0 Å². The number of likely N-dealkylation sites (tertiary alicyclic amines) is 1. The van der Waals surface area contributed by atoms with E-state index in [0.29, 0.717) is 0 Å². The van der Waals surface area contributed by atoms with Gasteiger partial charge in [-0.05, 0) is 6.92 Å². The summed E-state index contributed by atoms with van der Waals surface area (Å²) in [5.74, 6) is -1.31. The minimum Gasteiger partial charge on any atom is -0.460 e. The minimum atomic E-state index is -0.754. The summed E-state index contributed by atoms with van der Waals surface area (Å²) in [5, 5.41) is 8.85. The molecule has 1 aliphatic heterocycles. The largest absolute Gasteiger partial charge is 0.460 e. The second-order valence-electron chi connectivity index (χ2n) is 3.62. The van der Waals surface area contributed by atoms with Crippen molar-refractivity contribution in [2.75, 3.05) is 13.2 Å². The van der Waals surface area contributed by atoms with Crippen molar-refractivity contribution in [1.29, 1.82) is 0 Å². The van der Waals surface area contributed by atoms with Gasteiger partial charge >= 0.3 is 5.97 Å². The summed E-state index contributed by atoms with van der Waals surface area (Å²) in [4.78, 5) is 24.0. The number of ether oxygens (including phenoxy) is 1. The lowest BCUT2D eigenvalue weighted by molar-refractivity contribution is -0.164. The molecule has 0 radical (unpaired) electrons. The Bertz CT molecular complexity index is 305. The molecule has 0 bridgehead atoms. The lowest BCUT2D eigenvalue weighted by Gasteiger charge is -2.45. The highest BCUT2D eigenvalue weighted by Gasteiger charge is 2.48. The van der Waals surface area contributed by atoms with Gasteiger partial charge in [-0.3, -0.25) is 9.59 Å². The molecule has 1 fully saturated rings. The molecule has 90 valence electrons. The summed E-state index contributed by atoms with van der Waals surface area (Å²) in [5.41, 5.74) is 0. The highest BCUT2D eigenvalue weighted by atomic mass is 32.1. The van der Waals surface area contributed by atoms with E-state index in [2.05, 4.69) is 19.2 Å². The highest BCUT2D eigenvalue weighted by Crippen LogP contribution is 2.31. The number of thiol groups is 1. The Hall–Kier alpha value is -1.01. The fraction of sp³-hybridized carbons (Fsp3) is 0.600. The molecule has 1 saturated heterocycles. The normalized spacial score (nSPS) is 25.9. The Morgan fingerprint density at radius 3 is 2.88 bits per heavy atom. The standard InChI is InChI=1S/C10H15NO4S/c1-3-4-15-7(13)5-11-9(14)8(6(2)12)10(11)16/h3,6,8,10,12,16H,1,4-5H2,2H3/t6?,8-,10-/m1/s1. The molecular formula is C10H15NO4S. The number of carbonyl (C=O) groups excluding carboxylic acids is 2. The van der Waals surface area contributed by atoms with Crippen molar-refractivity contribution < 1.29 is 19.4 Å². The number of esters is 1. The van der Waals surface area contributed by atoms with Crippen LogP contribution in [0.2, 0.25) is 0 Å². The number of aliphatic hydroxyl groups excluding tert-OH is 1. The number of nitrogens with zero attached hydrogens (tertiary/aromatic N) is 1. The van der Waals surface area contributed by atoms with E-state index in [1.165, 1.54) is 17.9 Å². The molecule has 6 heteroatoms. The topological polar surface area (TPSA) is 66.8 Å². The van der Waals surface area contributed by atoms with Gasteiger partial charge in [-0.1, -0.05) is 12.7 Å². The first kappa shape index (κ1) is 13.1. The minimum absolute atomic E-state index is 0.123. The van der Waals surface area contributed by atoms with Crippen LogP contribution in [-0.4, -0.2) is 46.5 Å². The third-order valence-corrected chi connectivity index (χ3v) is 2.99. The van der Waals surface area contributed by atoms with Crippen molar-refractivity contribution in [2.45, 2.75) is 18.4 Å². The average molecular weight is 245 g/mol. The molecule has 0 aromatic carbocycles. The molecule has 1 aliphatic rings. The Morgan fingerprint density at radius 1 is 1.81 bits per heavy atom. The molecule has 0 aliphatic carbocycles. The number of hydrogen-bond donors (Lipinski definition) is 2. The van der Waals surface area contributed by atoms with Gasteiger partial charge in [-0.25, -0.2) is 0 Å². The number of aliphatic hydroxyl groups is 1. The van der Waals surface area contributed by atoms with Crippen LogP contribution in [0, 0.1) is 5.92 Å². The smallest absolute Gasteiger partial charge is 0.325 e. The molecule has 1 amide bonds. The second-order valence-corrected chi connectivity index (χ2v) is 4.15.